The lowest BCUT2D eigenvalue weighted by Crippen LogP contribution is -2.07. The van der Waals surface area contributed by atoms with Crippen LogP contribution in [0.3, 0.4) is 0 Å². The molecular formula is C10H18O. The van der Waals surface area contributed by atoms with Crippen molar-refractivity contribution < 1.29 is 5.11 Å². The van der Waals surface area contributed by atoms with E-state index in [0.717, 1.165) is 12.3 Å². The molecule has 1 aliphatic carbocycles. The van der Waals surface area contributed by atoms with Crippen molar-refractivity contribution in [2.24, 2.45) is 5.92 Å². The number of hydrogen-bond donors (Lipinski definition) is 1. The molecular weight excluding hydrogens is 136 g/mol. The van der Waals surface area contributed by atoms with Crippen LogP contribution in [0.15, 0.2) is 12.2 Å². The second-order valence-electron chi connectivity index (χ2n) is 3.58. The fourth-order valence-corrected chi connectivity index (χ4v) is 1.60. The summed E-state index contributed by atoms with van der Waals surface area (Å²) in [6.07, 6.45) is 10.4. The molecule has 1 nitrogen and oxygen atoms in total. The smallest absolute Gasteiger partial charge is 0.0512 e. The third-order valence-electron chi connectivity index (χ3n) is 2.37. The number of rotatable bonds is 3. The van der Waals surface area contributed by atoms with Crippen LogP contribution < -0.4 is 0 Å². The highest BCUT2D eigenvalue weighted by molar-refractivity contribution is 4.89. The second-order valence-corrected chi connectivity index (χ2v) is 3.58. The van der Waals surface area contributed by atoms with Crippen LogP contribution in [0.2, 0.25) is 0 Å². The van der Waals surface area contributed by atoms with Crippen LogP contribution in [-0.4, -0.2) is 11.2 Å². The highest BCUT2D eigenvalue weighted by Gasteiger charge is 2.10. The van der Waals surface area contributed by atoms with Crippen molar-refractivity contribution in [3.8, 4) is 0 Å². The molecule has 0 saturated heterocycles. The minimum atomic E-state index is -0.110. The van der Waals surface area contributed by atoms with Gasteiger partial charge in [0.1, 0.15) is 0 Å². The largest absolute Gasteiger partial charge is 0.393 e. The molecule has 0 aromatic carbocycles. The van der Waals surface area contributed by atoms with Crippen LogP contribution in [0.25, 0.3) is 0 Å². The van der Waals surface area contributed by atoms with Crippen molar-refractivity contribution in [1.82, 2.24) is 0 Å². The normalized spacial score (nSPS) is 26.9. The molecule has 0 spiro atoms. The molecule has 0 radical (unpaired) electrons. The summed E-state index contributed by atoms with van der Waals surface area (Å²) in [5.41, 5.74) is 0. The predicted molar refractivity (Wildman–Crippen MR) is 47.4 cm³/mol. The van der Waals surface area contributed by atoms with Crippen molar-refractivity contribution in [2.75, 3.05) is 0 Å². The van der Waals surface area contributed by atoms with E-state index >= 15 is 0 Å². The Hall–Kier alpha value is -0.300. The van der Waals surface area contributed by atoms with Gasteiger partial charge < -0.3 is 5.11 Å². The predicted octanol–water partition coefficient (Wildman–Crippen LogP) is 2.50. The van der Waals surface area contributed by atoms with E-state index in [9.17, 15) is 0 Å². The summed E-state index contributed by atoms with van der Waals surface area (Å²) < 4.78 is 0. The SMILES string of the molecule is C[C@H](O)CC[C@H]1CC=CCC1. The Morgan fingerprint density at radius 1 is 1.55 bits per heavy atom. The van der Waals surface area contributed by atoms with E-state index in [4.69, 9.17) is 5.11 Å². The first-order chi connectivity index (χ1) is 5.29. The molecule has 0 aromatic rings. The number of aliphatic hydroxyl groups excluding tert-OH is 1. The standard InChI is InChI=1S/C10H18O/c1-9(11)7-8-10-5-3-2-4-6-10/h2-3,9-11H,4-8H2,1H3/t9-,10-/m0/s1. The van der Waals surface area contributed by atoms with Crippen LogP contribution >= 0.6 is 0 Å². The van der Waals surface area contributed by atoms with Crippen molar-refractivity contribution in [1.29, 1.82) is 0 Å². The summed E-state index contributed by atoms with van der Waals surface area (Å²) in [5, 5.41) is 9.06. The number of aliphatic hydroxyl groups is 1. The summed E-state index contributed by atoms with van der Waals surface area (Å²) in [4.78, 5) is 0. The van der Waals surface area contributed by atoms with Crippen molar-refractivity contribution >= 4 is 0 Å². The first-order valence-electron chi connectivity index (χ1n) is 4.62. The molecule has 0 unspecified atom stereocenters. The maximum absolute atomic E-state index is 9.06. The molecule has 0 heterocycles. The highest BCUT2D eigenvalue weighted by atomic mass is 16.3. The minimum absolute atomic E-state index is 0.110. The van der Waals surface area contributed by atoms with Crippen LogP contribution in [0, 0.1) is 5.92 Å². The topological polar surface area (TPSA) is 20.2 Å². The van der Waals surface area contributed by atoms with Gasteiger partial charge in [-0.1, -0.05) is 12.2 Å². The van der Waals surface area contributed by atoms with E-state index in [1.165, 1.54) is 25.7 Å². The van der Waals surface area contributed by atoms with Crippen molar-refractivity contribution in [3.63, 3.8) is 0 Å². The van der Waals surface area contributed by atoms with Gasteiger partial charge in [0.15, 0.2) is 0 Å². The molecule has 1 heteroatoms. The molecule has 1 rings (SSSR count). The van der Waals surface area contributed by atoms with Gasteiger partial charge in [-0.05, 0) is 44.9 Å². The molecule has 0 aliphatic heterocycles. The summed E-state index contributed by atoms with van der Waals surface area (Å²) in [7, 11) is 0. The van der Waals surface area contributed by atoms with E-state index in [0.29, 0.717) is 0 Å². The van der Waals surface area contributed by atoms with Crippen LogP contribution in [0.5, 0.6) is 0 Å². The lowest BCUT2D eigenvalue weighted by atomic mass is 9.89. The molecule has 2 atom stereocenters. The molecule has 0 bridgehead atoms. The quantitative estimate of drug-likeness (QED) is 0.619. The number of hydrogen-bond acceptors (Lipinski definition) is 1. The van der Waals surface area contributed by atoms with E-state index in [1.54, 1.807) is 0 Å². The molecule has 0 aromatic heterocycles. The van der Waals surface area contributed by atoms with E-state index in [1.807, 2.05) is 6.92 Å². The summed E-state index contributed by atoms with van der Waals surface area (Å²) >= 11 is 0. The Balaban J connectivity index is 2.11. The van der Waals surface area contributed by atoms with Gasteiger partial charge in [-0.3, -0.25) is 0 Å². The summed E-state index contributed by atoms with van der Waals surface area (Å²) in [6.45, 7) is 1.87. The first-order valence-corrected chi connectivity index (χ1v) is 4.62. The lowest BCUT2D eigenvalue weighted by molar-refractivity contribution is 0.172. The lowest BCUT2D eigenvalue weighted by Gasteiger charge is -2.17. The summed E-state index contributed by atoms with van der Waals surface area (Å²) in [6, 6.07) is 0. The molecule has 0 saturated carbocycles. The fourth-order valence-electron chi connectivity index (χ4n) is 1.60. The first kappa shape index (κ1) is 8.79. The van der Waals surface area contributed by atoms with Crippen LogP contribution in [0.1, 0.15) is 39.0 Å². The maximum atomic E-state index is 9.06. The third-order valence-corrected chi connectivity index (χ3v) is 2.37. The number of allylic oxidation sites excluding steroid dienone is 2. The van der Waals surface area contributed by atoms with Gasteiger partial charge in [-0.2, -0.15) is 0 Å². The molecule has 0 fully saturated rings. The third kappa shape index (κ3) is 3.57. The van der Waals surface area contributed by atoms with Gasteiger partial charge in [0.2, 0.25) is 0 Å². The van der Waals surface area contributed by atoms with Gasteiger partial charge in [-0.15, -0.1) is 0 Å². The molecule has 1 N–H and O–H groups in total. The Morgan fingerprint density at radius 2 is 2.36 bits per heavy atom. The van der Waals surface area contributed by atoms with Crippen LogP contribution in [0.4, 0.5) is 0 Å². The maximum Gasteiger partial charge on any atom is 0.0512 e. The zero-order valence-electron chi connectivity index (χ0n) is 7.29. The van der Waals surface area contributed by atoms with Crippen molar-refractivity contribution in [2.45, 2.75) is 45.1 Å². The van der Waals surface area contributed by atoms with Crippen molar-refractivity contribution in [3.05, 3.63) is 12.2 Å². The molecule has 1 aliphatic rings. The van der Waals surface area contributed by atoms with Gasteiger partial charge in [0.25, 0.3) is 0 Å². The average Bonchev–Trinajstić information content (AvgIpc) is 2.03. The van der Waals surface area contributed by atoms with E-state index < -0.39 is 0 Å². The molecule has 64 valence electrons. The van der Waals surface area contributed by atoms with E-state index in [-0.39, 0.29) is 6.10 Å². The van der Waals surface area contributed by atoms with Gasteiger partial charge in [-0.25, -0.2) is 0 Å². The Labute approximate surface area is 69.1 Å². The Kier molecular flexibility index (Phi) is 3.64. The van der Waals surface area contributed by atoms with Gasteiger partial charge in [0, 0.05) is 0 Å². The Bertz CT molecular complexity index is 127. The monoisotopic (exact) mass is 154 g/mol. The average molecular weight is 154 g/mol. The zero-order valence-corrected chi connectivity index (χ0v) is 7.29. The second kappa shape index (κ2) is 4.55. The van der Waals surface area contributed by atoms with Gasteiger partial charge >= 0.3 is 0 Å². The van der Waals surface area contributed by atoms with Crippen LogP contribution in [-0.2, 0) is 0 Å². The minimum Gasteiger partial charge on any atom is -0.393 e. The molecule has 0 amide bonds. The van der Waals surface area contributed by atoms with Gasteiger partial charge in [0.05, 0.1) is 6.10 Å². The Morgan fingerprint density at radius 3 is 2.91 bits per heavy atom. The highest BCUT2D eigenvalue weighted by Crippen LogP contribution is 2.23. The summed E-state index contributed by atoms with van der Waals surface area (Å²) in [5.74, 6) is 0.842. The fraction of sp³-hybridized carbons (Fsp3) is 0.800. The van der Waals surface area contributed by atoms with E-state index in [2.05, 4.69) is 12.2 Å². The molecule has 11 heavy (non-hydrogen) atoms. The zero-order chi connectivity index (χ0) is 8.10.